The summed E-state index contributed by atoms with van der Waals surface area (Å²) >= 11 is 0. The van der Waals surface area contributed by atoms with Gasteiger partial charge in [-0.05, 0) is 31.2 Å². The fourth-order valence-electron chi connectivity index (χ4n) is 2.43. The van der Waals surface area contributed by atoms with E-state index in [0.717, 1.165) is 19.4 Å². The van der Waals surface area contributed by atoms with Crippen LogP contribution in [0.1, 0.15) is 40.0 Å². The monoisotopic (exact) mass is 270 g/mol. The molecule has 1 aliphatic rings. The summed E-state index contributed by atoms with van der Waals surface area (Å²) in [6, 6.07) is 0. The third kappa shape index (κ3) is 6.05. The van der Waals surface area contributed by atoms with Gasteiger partial charge in [0.05, 0.1) is 11.8 Å². The highest BCUT2D eigenvalue weighted by Crippen LogP contribution is 2.24. The fourth-order valence-corrected chi connectivity index (χ4v) is 2.43. The van der Waals surface area contributed by atoms with Crippen LogP contribution in [0.3, 0.4) is 0 Å². The molecule has 2 atom stereocenters. The van der Waals surface area contributed by atoms with Crippen molar-refractivity contribution in [2.24, 2.45) is 17.3 Å². The Labute approximate surface area is 115 Å². The molecular formula is C14H26N2O3. The molecule has 0 aliphatic carbocycles. The highest BCUT2D eigenvalue weighted by atomic mass is 16.4. The van der Waals surface area contributed by atoms with Crippen LogP contribution in [-0.2, 0) is 9.59 Å². The van der Waals surface area contributed by atoms with Crippen molar-refractivity contribution in [1.29, 1.82) is 0 Å². The Balaban J connectivity index is 2.42. The minimum Gasteiger partial charge on any atom is -0.481 e. The molecule has 1 rings (SSSR count). The summed E-state index contributed by atoms with van der Waals surface area (Å²) in [4.78, 5) is 23.1. The zero-order valence-electron chi connectivity index (χ0n) is 12.2. The van der Waals surface area contributed by atoms with Gasteiger partial charge in [0.15, 0.2) is 0 Å². The Bertz CT molecular complexity index is 317. The molecule has 3 N–H and O–H groups in total. The summed E-state index contributed by atoms with van der Waals surface area (Å²) in [7, 11) is 0. The van der Waals surface area contributed by atoms with Crippen molar-refractivity contribution >= 4 is 11.9 Å². The van der Waals surface area contributed by atoms with Crippen LogP contribution in [0.4, 0.5) is 0 Å². The Morgan fingerprint density at radius 1 is 1.42 bits per heavy atom. The van der Waals surface area contributed by atoms with Gasteiger partial charge in [0.2, 0.25) is 5.91 Å². The fraction of sp³-hybridized carbons (Fsp3) is 0.857. The molecular weight excluding hydrogens is 244 g/mol. The molecule has 1 fully saturated rings. The van der Waals surface area contributed by atoms with Crippen molar-refractivity contribution in [3.05, 3.63) is 0 Å². The van der Waals surface area contributed by atoms with Crippen LogP contribution in [0.25, 0.3) is 0 Å². The Morgan fingerprint density at radius 3 is 2.58 bits per heavy atom. The molecule has 0 spiro atoms. The van der Waals surface area contributed by atoms with Crippen molar-refractivity contribution < 1.29 is 14.7 Å². The van der Waals surface area contributed by atoms with Crippen LogP contribution < -0.4 is 10.6 Å². The molecule has 1 heterocycles. The van der Waals surface area contributed by atoms with E-state index in [9.17, 15) is 14.7 Å². The summed E-state index contributed by atoms with van der Waals surface area (Å²) in [5.74, 6) is -1.39. The number of carboxylic acid groups (broad SMARTS) is 1. The first-order chi connectivity index (χ1) is 8.79. The normalized spacial score (nSPS) is 21.7. The molecule has 5 heteroatoms. The zero-order chi connectivity index (χ0) is 14.5. The van der Waals surface area contributed by atoms with Gasteiger partial charge in [-0.3, -0.25) is 9.59 Å². The summed E-state index contributed by atoms with van der Waals surface area (Å²) in [5, 5.41) is 15.2. The molecule has 0 bridgehead atoms. The van der Waals surface area contributed by atoms with E-state index in [0.29, 0.717) is 13.0 Å². The molecule has 1 amide bonds. The van der Waals surface area contributed by atoms with Crippen LogP contribution in [0.2, 0.25) is 0 Å². The van der Waals surface area contributed by atoms with Crippen LogP contribution in [-0.4, -0.2) is 36.6 Å². The summed E-state index contributed by atoms with van der Waals surface area (Å²) in [5.41, 5.74) is -0.0554. The third-order valence-electron chi connectivity index (χ3n) is 3.40. The van der Waals surface area contributed by atoms with Crippen LogP contribution in [0, 0.1) is 17.3 Å². The lowest BCUT2D eigenvalue weighted by Gasteiger charge is -2.25. The summed E-state index contributed by atoms with van der Waals surface area (Å²) in [6.45, 7) is 7.91. The summed E-state index contributed by atoms with van der Waals surface area (Å²) < 4.78 is 0. The van der Waals surface area contributed by atoms with E-state index >= 15 is 0 Å². The van der Waals surface area contributed by atoms with Gasteiger partial charge in [0, 0.05) is 13.1 Å². The van der Waals surface area contributed by atoms with Gasteiger partial charge >= 0.3 is 5.97 Å². The Hall–Kier alpha value is -1.10. The second-order valence-corrected chi connectivity index (χ2v) is 6.59. The van der Waals surface area contributed by atoms with Crippen LogP contribution in [0.5, 0.6) is 0 Å². The number of carbonyl (C=O) groups excluding carboxylic acids is 1. The highest BCUT2D eigenvalue weighted by molar-refractivity contribution is 5.80. The van der Waals surface area contributed by atoms with E-state index in [1.807, 2.05) is 20.8 Å². The average molecular weight is 270 g/mol. The van der Waals surface area contributed by atoms with Crippen molar-refractivity contribution in [3.8, 4) is 0 Å². The lowest BCUT2D eigenvalue weighted by molar-refractivity contribution is -0.142. The molecule has 0 saturated carbocycles. The van der Waals surface area contributed by atoms with Gasteiger partial charge < -0.3 is 15.7 Å². The maximum Gasteiger partial charge on any atom is 0.308 e. The number of aliphatic carboxylic acids is 1. The molecule has 0 aromatic rings. The van der Waals surface area contributed by atoms with Crippen molar-refractivity contribution in [1.82, 2.24) is 10.6 Å². The summed E-state index contributed by atoms with van der Waals surface area (Å²) in [6.07, 6.45) is 2.45. The molecule has 0 radical (unpaired) electrons. The second-order valence-electron chi connectivity index (χ2n) is 6.59. The van der Waals surface area contributed by atoms with Crippen molar-refractivity contribution in [2.75, 3.05) is 19.6 Å². The van der Waals surface area contributed by atoms with E-state index in [2.05, 4.69) is 10.6 Å². The van der Waals surface area contributed by atoms with Crippen LogP contribution in [0.15, 0.2) is 0 Å². The van der Waals surface area contributed by atoms with Gasteiger partial charge in [-0.15, -0.1) is 0 Å². The maximum atomic E-state index is 11.9. The predicted molar refractivity (Wildman–Crippen MR) is 73.8 cm³/mol. The van der Waals surface area contributed by atoms with Crippen LogP contribution >= 0.6 is 0 Å². The smallest absolute Gasteiger partial charge is 0.308 e. The number of piperidine rings is 1. The molecule has 19 heavy (non-hydrogen) atoms. The van der Waals surface area contributed by atoms with Gasteiger partial charge in [0.25, 0.3) is 0 Å². The quantitative estimate of drug-likeness (QED) is 0.702. The molecule has 1 saturated heterocycles. The first kappa shape index (κ1) is 16.0. The first-order valence-corrected chi connectivity index (χ1v) is 7.01. The molecule has 2 unspecified atom stereocenters. The lowest BCUT2D eigenvalue weighted by atomic mass is 9.84. The standard InChI is InChI=1S/C14H26N2O3/c1-14(2,3)7-11(13(18)19)9-16-12(17)10-5-4-6-15-8-10/h10-11,15H,4-9H2,1-3H3,(H,16,17)(H,18,19). The van der Waals surface area contributed by atoms with Gasteiger partial charge in [-0.1, -0.05) is 20.8 Å². The molecule has 110 valence electrons. The maximum absolute atomic E-state index is 11.9. The van der Waals surface area contributed by atoms with E-state index in [1.165, 1.54) is 0 Å². The minimum atomic E-state index is -0.836. The zero-order valence-corrected chi connectivity index (χ0v) is 12.2. The number of hydrogen-bond acceptors (Lipinski definition) is 3. The topological polar surface area (TPSA) is 78.4 Å². The second kappa shape index (κ2) is 6.89. The van der Waals surface area contributed by atoms with Crippen molar-refractivity contribution in [3.63, 3.8) is 0 Å². The Kier molecular flexibility index (Phi) is 5.79. The number of carboxylic acids is 1. The van der Waals surface area contributed by atoms with E-state index < -0.39 is 11.9 Å². The number of amides is 1. The van der Waals surface area contributed by atoms with E-state index in [1.54, 1.807) is 0 Å². The minimum absolute atomic E-state index is 0.0159. The molecule has 0 aromatic heterocycles. The highest BCUT2D eigenvalue weighted by Gasteiger charge is 2.27. The van der Waals surface area contributed by atoms with E-state index in [-0.39, 0.29) is 23.8 Å². The first-order valence-electron chi connectivity index (χ1n) is 7.01. The number of hydrogen-bond donors (Lipinski definition) is 3. The van der Waals surface area contributed by atoms with Gasteiger partial charge in [0.1, 0.15) is 0 Å². The lowest BCUT2D eigenvalue weighted by Crippen LogP contribution is -2.43. The van der Waals surface area contributed by atoms with Gasteiger partial charge in [-0.25, -0.2) is 0 Å². The SMILES string of the molecule is CC(C)(C)CC(CNC(=O)C1CCCNC1)C(=O)O. The number of carbonyl (C=O) groups is 2. The molecule has 5 nitrogen and oxygen atoms in total. The Morgan fingerprint density at radius 2 is 2.11 bits per heavy atom. The van der Waals surface area contributed by atoms with Gasteiger partial charge in [-0.2, -0.15) is 0 Å². The largest absolute Gasteiger partial charge is 0.481 e. The average Bonchev–Trinajstić information content (AvgIpc) is 2.33. The number of nitrogens with one attached hydrogen (secondary N) is 2. The molecule has 1 aliphatic heterocycles. The number of rotatable bonds is 5. The van der Waals surface area contributed by atoms with Crippen molar-refractivity contribution in [2.45, 2.75) is 40.0 Å². The predicted octanol–water partition coefficient (Wildman–Crippen LogP) is 1.24. The van der Waals surface area contributed by atoms with E-state index in [4.69, 9.17) is 0 Å². The molecule has 0 aromatic carbocycles. The third-order valence-corrected chi connectivity index (χ3v) is 3.40.